The van der Waals surface area contributed by atoms with Gasteiger partial charge in [-0.3, -0.25) is 14.5 Å². The van der Waals surface area contributed by atoms with Gasteiger partial charge in [-0.15, -0.1) is 0 Å². The number of nitrogens with one attached hydrogen (secondary N) is 2. The van der Waals surface area contributed by atoms with Gasteiger partial charge in [-0.2, -0.15) is 0 Å². The van der Waals surface area contributed by atoms with E-state index in [1.807, 2.05) is 36.1 Å². The Morgan fingerprint density at radius 1 is 1.04 bits per heavy atom. The summed E-state index contributed by atoms with van der Waals surface area (Å²) in [6.45, 7) is 5.30. The van der Waals surface area contributed by atoms with Crippen molar-refractivity contribution < 1.29 is 9.59 Å². The highest BCUT2D eigenvalue weighted by molar-refractivity contribution is 6.06. The van der Waals surface area contributed by atoms with E-state index in [0.717, 1.165) is 50.4 Å². The number of carbonyl (C=O) groups excluding carboxylic acids is 2. The van der Waals surface area contributed by atoms with Gasteiger partial charge in [0.05, 0.1) is 17.4 Å². The zero-order chi connectivity index (χ0) is 18.1. The molecule has 26 heavy (non-hydrogen) atoms. The van der Waals surface area contributed by atoms with Crippen molar-refractivity contribution in [2.75, 3.05) is 36.8 Å². The van der Waals surface area contributed by atoms with E-state index in [1.54, 1.807) is 0 Å². The first kappa shape index (κ1) is 17.3. The van der Waals surface area contributed by atoms with Crippen LogP contribution in [0.25, 0.3) is 0 Å². The maximum absolute atomic E-state index is 12.8. The number of carbonyl (C=O) groups is 2. The zero-order valence-corrected chi connectivity index (χ0v) is 15.5. The zero-order valence-electron chi connectivity index (χ0n) is 15.5. The Balaban J connectivity index is 1.41. The van der Waals surface area contributed by atoms with Crippen LogP contribution >= 0.6 is 0 Å². The van der Waals surface area contributed by atoms with Gasteiger partial charge in [0, 0.05) is 26.2 Å². The molecule has 6 heteroatoms. The van der Waals surface area contributed by atoms with Crippen LogP contribution in [0.3, 0.4) is 0 Å². The predicted molar refractivity (Wildman–Crippen MR) is 102 cm³/mol. The maximum Gasteiger partial charge on any atom is 0.250 e. The number of amides is 2. The van der Waals surface area contributed by atoms with Crippen molar-refractivity contribution in [3.8, 4) is 0 Å². The summed E-state index contributed by atoms with van der Waals surface area (Å²) >= 11 is 0. The number of piperidine rings is 2. The van der Waals surface area contributed by atoms with Crippen molar-refractivity contribution in [3.05, 3.63) is 24.3 Å². The number of fused-ring (bicyclic) bond motifs is 1. The SMILES string of the molecule is C[C@@H](C(=O)N1CCCCC1)N1CCC2(CC1)Nc1ccccc1NC2=O. The van der Waals surface area contributed by atoms with Crippen LogP contribution in [0.15, 0.2) is 24.3 Å². The van der Waals surface area contributed by atoms with E-state index < -0.39 is 5.54 Å². The summed E-state index contributed by atoms with van der Waals surface area (Å²) in [5, 5.41) is 6.52. The van der Waals surface area contributed by atoms with E-state index >= 15 is 0 Å². The van der Waals surface area contributed by atoms with Crippen LogP contribution in [-0.4, -0.2) is 59.4 Å². The summed E-state index contributed by atoms with van der Waals surface area (Å²) in [5.74, 6) is 0.290. The molecule has 0 unspecified atom stereocenters. The first-order valence-corrected chi connectivity index (χ1v) is 9.81. The standard InChI is InChI=1S/C20H28N4O2/c1-15(18(25)24-11-5-2-6-12-24)23-13-9-20(10-14-23)19(26)21-16-7-3-4-8-17(16)22-20/h3-4,7-8,15,22H,2,5-6,9-14H2,1H3,(H,21,26)/t15-/m0/s1. The van der Waals surface area contributed by atoms with Crippen molar-refractivity contribution in [2.24, 2.45) is 0 Å². The Labute approximate surface area is 154 Å². The van der Waals surface area contributed by atoms with Crippen LogP contribution in [0, 0.1) is 0 Å². The Morgan fingerprint density at radius 3 is 2.38 bits per heavy atom. The predicted octanol–water partition coefficient (Wildman–Crippen LogP) is 2.29. The largest absolute Gasteiger partial charge is 0.369 e. The molecule has 1 atom stereocenters. The Morgan fingerprint density at radius 2 is 1.69 bits per heavy atom. The number of hydrogen-bond acceptors (Lipinski definition) is 4. The van der Waals surface area contributed by atoms with Gasteiger partial charge in [-0.1, -0.05) is 12.1 Å². The molecule has 6 nitrogen and oxygen atoms in total. The Hall–Kier alpha value is -2.08. The van der Waals surface area contributed by atoms with Crippen LogP contribution in [0.4, 0.5) is 11.4 Å². The maximum atomic E-state index is 12.8. The van der Waals surface area contributed by atoms with E-state index in [1.165, 1.54) is 6.42 Å². The quantitative estimate of drug-likeness (QED) is 0.853. The fourth-order valence-electron chi connectivity index (χ4n) is 4.44. The van der Waals surface area contributed by atoms with Crippen LogP contribution < -0.4 is 10.6 Å². The molecule has 3 heterocycles. The van der Waals surface area contributed by atoms with Crippen molar-refractivity contribution in [1.29, 1.82) is 0 Å². The molecule has 0 saturated carbocycles. The van der Waals surface area contributed by atoms with E-state index in [2.05, 4.69) is 15.5 Å². The third kappa shape index (κ3) is 3.07. The van der Waals surface area contributed by atoms with Crippen molar-refractivity contribution in [1.82, 2.24) is 9.80 Å². The summed E-state index contributed by atoms with van der Waals surface area (Å²) in [7, 11) is 0. The fourth-order valence-corrected chi connectivity index (χ4v) is 4.44. The monoisotopic (exact) mass is 356 g/mol. The van der Waals surface area contributed by atoms with Crippen LogP contribution in [-0.2, 0) is 9.59 Å². The molecule has 1 aromatic carbocycles. The van der Waals surface area contributed by atoms with E-state index in [0.29, 0.717) is 12.8 Å². The van der Waals surface area contributed by atoms with Crippen LogP contribution in [0.1, 0.15) is 39.0 Å². The van der Waals surface area contributed by atoms with Crippen LogP contribution in [0.2, 0.25) is 0 Å². The molecule has 1 spiro atoms. The van der Waals surface area contributed by atoms with Gasteiger partial charge in [0.15, 0.2) is 0 Å². The number of benzene rings is 1. The van der Waals surface area contributed by atoms with Gasteiger partial charge in [0.2, 0.25) is 11.8 Å². The number of hydrogen-bond donors (Lipinski definition) is 2. The molecule has 0 aromatic heterocycles. The molecular formula is C20H28N4O2. The lowest BCUT2D eigenvalue weighted by molar-refractivity contribution is -0.138. The minimum Gasteiger partial charge on any atom is -0.369 e. The van der Waals surface area contributed by atoms with Gasteiger partial charge in [0.1, 0.15) is 5.54 Å². The van der Waals surface area contributed by atoms with E-state index in [-0.39, 0.29) is 17.9 Å². The number of rotatable bonds is 2. The third-order valence-electron chi connectivity index (χ3n) is 6.21. The molecule has 2 saturated heterocycles. The second-order valence-electron chi connectivity index (χ2n) is 7.80. The lowest BCUT2D eigenvalue weighted by Crippen LogP contribution is -2.60. The fraction of sp³-hybridized carbons (Fsp3) is 0.600. The molecule has 2 N–H and O–H groups in total. The average molecular weight is 356 g/mol. The molecule has 140 valence electrons. The van der Waals surface area contributed by atoms with E-state index in [4.69, 9.17) is 0 Å². The lowest BCUT2D eigenvalue weighted by Gasteiger charge is -2.46. The van der Waals surface area contributed by atoms with Crippen molar-refractivity contribution in [3.63, 3.8) is 0 Å². The van der Waals surface area contributed by atoms with Crippen molar-refractivity contribution >= 4 is 23.2 Å². The number of anilines is 2. The molecule has 1 aromatic rings. The Kier molecular flexibility index (Phi) is 4.61. The molecule has 0 radical (unpaired) electrons. The first-order valence-electron chi connectivity index (χ1n) is 9.81. The van der Waals surface area contributed by atoms with Gasteiger partial charge in [-0.05, 0) is 51.2 Å². The highest BCUT2D eigenvalue weighted by atomic mass is 16.2. The van der Waals surface area contributed by atoms with Crippen LogP contribution in [0.5, 0.6) is 0 Å². The number of nitrogens with zero attached hydrogens (tertiary/aromatic N) is 2. The summed E-state index contributed by atoms with van der Waals surface area (Å²) < 4.78 is 0. The minimum absolute atomic E-state index is 0.0471. The summed E-state index contributed by atoms with van der Waals surface area (Å²) in [4.78, 5) is 29.8. The molecule has 0 bridgehead atoms. The average Bonchev–Trinajstić information content (AvgIpc) is 2.69. The summed E-state index contributed by atoms with van der Waals surface area (Å²) in [6.07, 6.45) is 4.89. The highest BCUT2D eigenvalue weighted by Gasteiger charge is 2.45. The topological polar surface area (TPSA) is 64.7 Å². The smallest absolute Gasteiger partial charge is 0.250 e. The Bertz CT molecular complexity index is 691. The number of likely N-dealkylation sites (tertiary alicyclic amines) is 2. The molecule has 3 aliphatic rings. The molecule has 2 fully saturated rings. The molecule has 2 amide bonds. The molecule has 0 aliphatic carbocycles. The van der Waals surface area contributed by atoms with Crippen molar-refractivity contribution in [2.45, 2.75) is 50.6 Å². The number of para-hydroxylation sites is 2. The molecular weight excluding hydrogens is 328 g/mol. The first-order chi connectivity index (χ1) is 12.6. The van der Waals surface area contributed by atoms with Gasteiger partial charge < -0.3 is 15.5 Å². The second kappa shape index (κ2) is 6.91. The minimum atomic E-state index is -0.557. The summed E-state index contributed by atoms with van der Waals surface area (Å²) in [5.41, 5.74) is 1.27. The lowest BCUT2D eigenvalue weighted by atomic mass is 9.84. The second-order valence-corrected chi connectivity index (χ2v) is 7.80. The van der Waals surface area contributed by atoms with Gasteiger partial charge in [-0.25, -0.2) is 0 Å². The third-order valence-corrected chi connectivity index (χ3v) is 6.21. The summed E-state index contributed by atoms with van der Waals surface area (Å²) in [6, 6.07) is 7.72. The molecule has 3 aliphatic heterocycles. The van der Waals surface area contributed by atoms with E-state index in [9.17, 15) is 9.59 Å². The van der Waals surface area contributed by atoms with Gasteiger partial charge in [0.25, 0.3) is 0 Å². The highest BCUT2D eigenvalue weighted by Crippen LogP contribution is 2.36. The normalized spacial score (nSPS) is 23.7. The van der Waals surface area contributed by atoms with Gasteiger partial charge >= 0.3 is 0 Å². The molecule has 4 rings (SSSR count).